The number of nitrogens with one attached hydrogen (secondary N) is 2. The molecule has 0 aliphatic carbocycles. The Balaban J connectivity index is 1.61. The SMILES string of the molecule is C[C@@H](OC(=O)c1ccccc1NC(=O)c1ccco1)C(=O)NCc1ccccc1. The summed E-state index contributed by atoms with van der Waals surface area (Å²) >= 11 is 0. The summed E-state index contributed by atoms with van der Waals surface area (Å²) in [5.41, 5.74) is 1.33. The molecule has 3 rings (SSSR count). The lowest BCUT2D eigenvalue weighted by Gasteiger charge is -2.15. The quantitative estimate of drug-likeness (QED) is 0.601. The maximum absolute atomic E-state index is 12.5. The van der Waals surface area contributed by atoms with Gasteiger partial charge in [-0.3, -0.25) is 9.59 Å². The van der Waals surface area contributed by atoms with Crippen LogP contribution in [0.5, 0.6) is 0 Å². The smallest absolute Gasteiger partial charge is 0.341 e. The van der Waals surface area contributed by atoms with E-state index in [0.717, 1.165) is 5.56 Å². The van der Waals surface area contributed by atoms with Crippen molar-refractivity contribution in [2.75, 3.05) is 5.32 Å². The molecule has 0 saturated heterocycles. The number of rotatable bonds is 7. The van der Waals surface area contributed by atoms with Crippen LogP contribution in [0.1, 0.15) is 33.4 Å². The van der Waals surface area contributed by atoms with Gasteiger partial charge < -0.3 is 19.8 Å². The molecular formula is C22H20N2O5. The van der Waals surface area contributed by atoms with Crippen molar-refractivity contribution in [3.63, 3.8) is 0 Å². The molecule has 0 spiro atoms. The summed E-state index contributed by atoms with van der Waals surface area (Å²) in [6.07, 6.45) is 0.380. The van der Waals surface area contributed by atoms with Crippen LogP contribution in [0, 0.1) is 0 Å². The predicted molar refractivity (Wildman–Crippen MR) is 106 cm³/mol. The fourth-order valence-corrected chi connectivity index (χ4v) is 2.57. The van der Waals surface area contributed by atoms with Gasteiger partial charge in [0.2, 0.25) is 0 Å². The minimum atomic E-state index is -1.000. The van der Waals surface area contributed by atoms with Gasteiger partial charge in [-0.25, -0.2) is 4.79 Å². The van der Waals surface area contributed by atoms with Gasteiger partial charge in [0.15, 0.2) is 11.9 Å². The number of carbonyl (C=O) groups is 3. The van der Waals surface area contributed by atoms with Crippen molar-refractivity contribution in [2.45, 2.75) is 19.6 Å². The van der Waals surface area contributed by atoms with Crippen molar-refractivity contribution in [3.05, 3.63) is 89.9 Å². The predicted octanol–water partition coefficient (Wildman–Crippen LogP) is 3.39. The first-order chi connectivity index (χ1) is 14.0. The van der Waals surface area contributed by atoms with Gasteiger partial charge in [0.25, 0.3) is 11.8 Å². The van der Waals surface area contributed by atoms with Crippen molar-refractivity contribution < 1.29 is 23.5 Å². The summed E-state index contributed by atoms with van der Waals surface area (Å²) in [5.74, 6) is -1.52. The molecule has 2 aromatic carbocycles. The molecule has 1 heterocycles. The molecule has 7 nitrogen and oxygen atoms in total. The van der Waals surface area contributed by atoms with E-state index in [1.165, 1.54) is 25.3 Å². The Bertz CT molecular complexity index is 983. The first-order valence-electron chi connectivity index (χ1n) is 9.01. The Kier molecular flexibility index (Phi) is 6.42. The summed E-state index contributed by atoms with van der Waals surface area (Å²) in [6.45, 7) is 1.82. The third kappa shape index (κ3) is 5.32. The highest BCUT2D eigenvalue weighted by atomic mass is 16.5. The number of amides is 2. The Labute approximate surface area is 167 Å². The van der Waals surface area contributed by atoms with Gasteiger partial charge in [0, 0.05) is 6.54 Å². The molecule has 2 amide bonds. The molecule has 7 heteroatoms. The lowest BCUT2D eigenvalue weighted by atomic mass is 10.1. The molecular weight excluding hydrogens is 372 g/mol. The lowest BCUT2D eigenvalue weighted by molar-refractivity contribution is -0.129. The van der Waals surface area contributed by atoms with E-state index in [0.29, 0.717) is 6.54 Å². The number of esters is 1. The molecule has 2 N–H and O–H groups in total. The molecule has 29 heavy (non-hydrogen) atoms. The Morgan fingerprint density at radius 3 is 2.41 bits per heavy atom. The van der Waals surface area contributed by atoms with Crippen LogP contribution in [-0.2, 0) is 16.1 Å². The molecule has 1 aromatic heterocycles. The van der Waals surface area contributed by atoms with Gasteiger partial charge in [-0.15, -0.1) is 0 Å². The highest BCUT2D eigenvalue weighted by Crippen LogP contribution is 2.18. The number of hydrogen-bond acceptors (Lipinski definition) is 5. The molecule has 0 radical (unpaired) electrons. The van der Waals surface area contributed by atoms with Crippen molar-refractivity contribution in [1.29, 1.82) is 0 Å². The van der Waals surface area contributed by atoms with Crippen molar-refractivity contribution >= 4 is 23.5 Å². The largest absolute Gasteiger partial charge is 0.459 e. The monoisotopic (exact) mass is 392 g/mol. The Morgan fingerprint density at radius 1 is 0.966 bits per heavy atom. The zero-order valence-electron chi connectivity index (χ0n) is 15.8. The van der Waals surface area contributed by atoms with Crippen LogP contribution in [0.4, 0.5) is 5.69 Å². The van der Waals surface area contributed by atoms with Crippen molar-refractivity contribution in [3.8, 4) is 0 Å². The highest BCUT2D eigenvalue weighted by molar-refractivity contribution is 6.06. The highest BCUT2D eigenvalue weighted by Gasteiger charge is 2.21. The molecule has 0 saturated carbocycles. The van der Waals surface area contributed by atoms with Gasteiger partial charge in [-0.2, -0.15) is 0 Å². The molecule has 0 aliphatic rings. The minimum Gasteiger partial charge on any atom is -0.459 e. The van der Waals surface area contributed by atoms with Crippen LogP contribution in [-0.4, -0.2) is 23.9 Å². The first-order valence-corrected chi connectivity index (χ1v) is 9.01. The van der Waals surface area contributed by atoms with Gasteiger partial charge in [-0.05, 0) is 36.8 Å². The van der Waals surface area contributed by atoms with E-state index in [2.05, 4.69) is 10.6 Å². The topological polar surface area (TPSA) is 97.6 Å². The number of benzene rings is 2. The summed E-state index contributed by atoms with van der Waals surface area (Å²) in [6, 6.07) is 18.9. The maximum atomic E-state index is 12.5. The molecule has 0 fully saturated rings. The van der Waals surface area contributed by atoms with Crippen LogP contribution < -0.4 is 10.6 Å². The Morgan fingerprint density at radius 2 is 1.69 bits per heavy atom. The number of furan rings is 1. The van der Waals surface area contributed by atoms with Gasteiger partial charge in [-0.1, -0.05) is 42.5 Å². The van der Waals surface area contributed by atoms with E-state index in [1.54, 1.807) is 24.3 Å². The van der Waals surface area contributed by atoms with E-state index in [-0.39, 0.29) is 17.0 Å². The summed E-state index contributed by atoms with van der Waals surface area (Å²) in [7, 11) is 0. The first kappa shape index (κ1) is 19.9. The van der Waals surface area contributed by atoms with Crippen LogP contribution in [0.25, 0.3) is 0 Å². The second-order valence-electron chi connectivity index (χ2n) is 6.23. The molecule has 148 valence electrons. The van der Waals surface area contributed by atoms with E-state index >= 15 is 0 Å². The van der Waals surface area contributed by atoms with Crippen LogP contribution in [0.2, 0.25) is 0 Å². The van der Waals surface area contributed by atoms with E-state index < -0.39 is 23.9 Å². The van der Waals surface area contributed by atoms with Crippen molar-refractivity contribution in [2.24, 2.45) is 0 Å². The summed E-state index contributed by atoms with van der Waals surface area (Å²) < 4.78 is 10.3. The molecule has 1 atom stereocenters. The summed E-state index contributed by atoms with van der Waals surface area (Å²) in [5, 5.41) is 5.33. The summed E-state index contributed by atoms with van der Waals surface area (Å²) in [4.78, 5) is 37.0. The normalized spacial score (nSPS) is 11.3. The lowest BCUT2D eigenvalue weighted by Crippen LogP contribution is -2.35. The number of carbonyl (C=O) groups excluding carboxylic acids is 3. The third-order valence-electron chi connectivity index (χ3n) is 4.10. The molecule has 0 bridgehead atoms. The number of hydrogen-bond donors (Lipinski definition) is 2. The zero-order chi connectivity index (χ0) is 20.6. The van der Waals surface area contributed by atoms with Gasteiger partial charge in [0.1, 0.15) is 0 Å². The van der Waals surface area contributed by atoms with Gasteiger partial charge in [0.05, 0.1) is 17.5 Å². The van der Waals surface area contributed by atoms with E-state index in [1.807, 2.05) is 30.3 Å². The van der Waals surface area contributed by atoms with E-state index in [9.17, 15) is 14.4 Å². The molecule has 0 unspecified atom stereocenters. The fourth-order valence-electron chi connectivity index (χ4n) is 2.57. The van der Waals surface area contributed by atoms with Crippen molar-refractivity contribution in [1.82, 2.24) is 5.32 Å². The number of para-hydroxylation sites is 1. The second-order valence-corrected chi connectivity index (χ2v) is 6.23. The van der Waals surface area contributed by atoms with E-state index in [4.69, 9.17) is 9.15 Å². The van der Waals surface area contributed by atoms with Gasteiger partial charge >= 0.3 is 5.97 Å². The fraction of sp³-hybridized carbons (Fsp3) is 0.136. The zero-order valence-corrected chi connectivity index (χ0v) is 15.8. The standard InChI is InChI=1S/C22H20N2O5/c1-15(20(25)23-14-16-8-3-2-4-9-16)29-22(27)17-10-5-6-11-18(17)24-21(26)19-12-7-13-28-19/h2-13,15H,14H2,1H3,(H,23,25)(H,24,26)/t15-/m1/s1. The number of ether oxygens (including phenoxy) is 1. The van der Waals surface area contributed by atoms with Crippen LogP contribution >= 0.6 is 0 Å². The second kappa shape index (κ2) is 9.36. The molecule has 0 aliphatic heterocycles. The van der Waals surface area contributed by atoms with Crippen LogP contribution in [0.15, 0.2) is 77.4 Å². The molecule has 3 aromatic rings. The minimum absolute atomic E-state index is 0.113. The Hall–Kier alpha value is -3.87. The van der Waals surface area contributed by atoms with Crippen LogP contribution in [0.3, 0.4) is 0 Å². The third-order valence-corrected chi connectivity index (χ3v) is 4.10. The number of anilines is 1. The maximum Gasteiger partial charge on any atom is 0.341 e. The average molecular weight is 392 g/mol. The average Bonchev–Trinajstić information content (AvgIpc) is 3.28.